The predicted octanol–water partition coefficient (Wildman–Crippen LogP) is 2.82. The van der Waals surface area contributed by atoms with E-state index in [1.807, 2.05) is 6.92 Å². The van der Waals surface area contributed by atoms with Gasteiger partial charge in [-0.2, -0.15) is 4.98 Å². The number of nitro groups is 1. The molecule has 0 amide bonds. The van der Waals surface area contributed by atoms with Gasteiger partial charge in [-0.3, -0.25) is 10.1 Å². The van der Waals surface area contributed by atoms with Crippen LogP contribution < -0.4 is 5.32 Å². The number of halogens is 1. The SMILES string of the molecule is Cc1noc(C)c1C(C)Nc1nc(Cl)ncc1[N+](=O)[O-]. The smallest absolute Gasteiger partial charge is 0.329 e. The molecule has 0 fully saturated rings. The predicted molar refractivity (Wildman–Crippen MR) is 71.7 cm³/mol. The molecule has 2 rings (SSSR count). The molecule has 0 aromatic carbocycles. The van der Waals surface area contributed by atoms with Crippen molar-refractivity contribution in [2.24, 2.45) is 0 Å². The summed E-state index contributed by atoms with van der Waals surface area (Å²) in [4.78, 5) is 17.8. The lowest BCUT2D eigenvalue weighted by Gasteiger charge is -2.14. The van der Waals surface area contributed by atoms with Crippen LogP contribution in [0.1, 0.15) is 30.0 Å². The minimum atomic E-state index is -0.571. The summed E-state index contributed by atoms with van der Waals surface area (Å²) in [5.41, 5.74) is 1.30. The Hall–Kier alpha value is -2.22. The zero-order valence-electron chi connectivity index (χ0n) is 11.0. The summed E-state index contributed by atoms with van der Waals surface area (Å²) in [6.07, 6.45) is 1.07. The van der Waals surface area contributed by atoms with Gasteiger partial charge in [-0.05, 0) is 32.4 Å². The second-order valence-corrected chi connectivity index (χ2v) is 4.57. The topological polar surface area (TPSA) is 107 Å². The van der Waals surface area contributed by atoms with E-state index in [-0.39, 0.29) is 22.8 Å². The largest absolute Gasteiger partial charge is 0.361 e. The first-order chi connectivity index (χ1) is 9.40. The summed E-state index contributed by atoms with van der Waals surface area (Å²) in [5.74, 6) is 0.702. The molecule has 106 valence electrons. The van der Waals surface area contributed by atoms with Crippen LogP contribution in [0, 0.1) is 24.0 Å². The fraction of sp³-hybridized carbons (Fsp3) is 0.364. The normalized spacial score (nSPS) is 12.2. The molecule has 0 aliphatic heterocycles. The highest BCUT2D eigenvalue weighted by Gasteiger charge is 2.22. The average Bonchev–Trinajstić information content (AvgIpc) is 2.68. The Balaban J connectivity index is 2.35. The Labute approximate surface area is 119 Å². The molecule has 0 saturated heterocycles. The Bertz CT molecular complexity index is 638. The number of hydrogen-bond acceptors (Lipinski definition) is 7. The molecule has 0 aliphatic carbocycles. The zero-order valence-corrected chi connectivity index (χ0v) is 11.8. The van der Waals surface area contributed by atoms with E-state index in [9.17, 15) is 10.1 Å². The molecule has 1 atom stereocenters. The van der Waals surface area contributed by atoms with Gasteiger partial charge < -0.3 is 9.84 Å². The number of nitrogens with zero attached hydrogens (tertiary/aromatic N) is 4. The third kappa shape index (κ3) is 2.69. The molecule has 1 unspecified atom stereocenters. The van der Waals surface area contributed by atoms with E-state index in [0.29, 0.717) is 11.5 Å². The highest BCUT2D eigenvalue weighted by atomic mass is 35.5. The van der Waals surface area contributed by atoms with Crippen molar-refractivity contribution in [2.45, 2.75) is 26.8 Å². The van der Waals surface area contributed by atoms with Crippen LogP contribution in [0.5, 0.6) is 0 Å². The van der Waals surface area contributed by atoms with Crippen LogP contribution in [-0.2, 0) is 0 Å². The van der Waals surface area contributed by atoms with E-state index < -0.39 is 4.92 Å². The summed E-state index contributed by atoms with van der Waals surface area (Å²) >= 11 is 5.68. The zero-order chi connectivity index (χ0) is 14.9. The molecule has 1 N–H and O–H groups in total. The minimum absolute atomic E-state index is 0.0579. The van der Waals surface area contributed by atoms with Crippen LogP contribution >= 0.6 is 11.6 Å². The molecule has 8 nitrogen and oxygen atoms in total. The van der Waals surface area contributed by atoms with Gasteiger partial charge in [-0.25, -0.2) is 4.98 Å². The van der Waals surface area contributed by atoms with Crippen LogP contribution in [0.3, 0.4) is 0 Å². The third-order valence-electron chi connectivity index (χ3n) is 2.81. The molecule has 9 heteroatoms. The average molecular weight is 298 g/mol. The lowest BCUT2D eigenvalue weighted by molar-refractivity contribution is -0.384. The van der Waals surface area contributed by atoms with Crippen molar-refractivity contribution in [3.63, 3.8) is 0 Å². The van der Waals surface area contributed by atoms with Gasteiger partial charge in [-0.15, -0.1) is 0 Å². The van der Waals surface area contributed by atoms with Crippen molar-refractivity contribution in [1.82, 2.24) is 15.1 Å². The van der Waals surface area contributed by atoms with Gasteiger partial charge in [0, 0.05) is 5.56 Å². The number of hydrogen-bond donors (Lipinski definition) is 1. The van der Waals surface area contributed by atoms with E-state index in [1.54, 1.807) is 13.8 Å². The van der Waals surface area contributed by atoms with Crippen LogP contribution in [-0.4, -0.2) is 20.0 Å². The Morgan fingerprint density at radius 2 is 2.20 bits per heavy atom. The van der Waals surface area contributed by atoms with Crippen molar-refractivity contribution in [3.05, 3.63) is 38.6 Å². The number of aromatic nitrogens is 3. The standard InChI is InChI=1S/C11H12ClN5O3/c1-5(9-6(2)16-20-7(9)3)14-10-8(17(18)19)4-13-11(12)15-10/h4-5H,1-3H3,(H,13,14,15). The van der Waals surface area contributed by atoms with Crippen LogP contribution in [0.2, 0.25) is 5.28 Å². The lowest BCUT2D eigenvalue weighted by atomic mass is 10.1. The first kappa shape index (κ1) is 14.2. The van der Waals surface area contributed by atoms with Gasteiger partial charge in [0.15, 0.2) is 0 Å². The Kier molecular flexibility index (Phi) is 3.84. The fourth-order valence-corrected chi connectivity index (χ4v) is 2.11. The minimum Gasteiger partial charge on any atom is -0.361 e. The molecule has 0 radical (unpaired) electrons. The molecular formula is C11H12ClN5O3. The van der Waals surface area contributed by atoms with Crippen molar-refractivity contribution in [1.29, 1.82) is 0 Å². The monoisotopic (exact) mass is 297 g/mol. The van der Waals surface area contributed by atoms with Gasteiger partial charge in [0.2, 0.25) is 11.1 Å². The molecule has 0 aliphatic rings. The number of anilines is 1. The van der Waals surface area contributed by atoms with Crippen LogP contribution in [0.4, 0.5) is 11.5 Å². The van der Waals surface area contributed by atoms with Gasteiger partial charge >= 0.3 is 5.69 Å². The highest BCUT2D eigenvalue weighted by Crippen LogP contribution is 2.29. The second kappa shape index (κ2) is 5.41. The second-order valence-electron chi connectivity index (χ2n) is 4.23. The van der Waals surface area contributed by atoms with Gasteiger partial charge in [-0.1, -0.05) is 5.16 Å². The van der Waals surface area contributed by atoms with Crippen molar-refractivity contribution in [2.75, 3.05) is 5.32 Å². The van der Waals surface area contributed by atoms with E-state index in [1.165, 1.54) is 0 Å². The maximum atomic E-state index is 10.9. The number of rotatable bonds is 4. The van der Waals surface area contributed by atoms with Crippen LogP contribution in [0.25, 0.3) is 0 Å². The number of nitrogens with one attached hydrogen (secondary N) is 1. The fourth-order valence-electron chi connectivity index (χ4n) is 1.98. The maximum Gasteiger partial charge on any atom is 0.329 e. The molecule has 0 saturated carbocycles. The molecule has 0 bridgehead atoms. The van der Waals surface area contributed by atoms with E-state index in [0.717, 1.165) is 11.8 Å². The van der Waals surface area contributed by atoms with Gasteiger partial charge in [0.1, 0.15) is 12.0 Å². The van der Waals surface area contributed by atoms with Gasteiger partial charge in [0.05, 0.1) is 16.7 Å². The summed E-state index contributed by atoms with van der Waals surface area (Å²) in [6, 6.07) is -0.272. The molecule has 2 heterocycles. The molecule has 20 heavy (non-hydrogen) atoms. The highest BCUT2D eigenvalue weighted by molar-refractivity contribution is 6.28. The van der Waals surface area contributed by atoms with E-state index in [4.69, 9.17) is 16.1 Å². The summed E-state index contributed by atoms with van der Waals surface area (Å²) in [5, 5.41) is 17.7. The van der Waals surface area contributed by atoms with Crippen molar-refractivity contribution < 1.29 is 9.45 Å². The first-order valence-corrected chi connectivity index (χ1v) is 6.14. The van der Waals surface area contributed by atoms with E-state index in [2.05, 4.69) is 20.4 Å². The summed E-state index contributed by atoms with van der Waals surface area (Å²) in [7, 11) is 0. The molecule has 0 spiro atoms. The quantitative estimate of drug-likeness (QED) is 0.525. The number of aryl methyl sites for hydroxylation is 2. The summed E-state index contributed by atoms with van der Waals surface area (Å²) in [6.45, 7) is 5.40. The Morgan fingerprint density at radius 1 is 1.50 bits per heavy atom. The third-order valence-corrected chi connectivity index (χ3v) is 2.99. The van der Waals surface area contributed by atoms with Crippen molar-refractivity contribution >= 4 is 23.1 Å². The lowest BCUT2D eigenvalue weighted by Crippen LogP contribution is -2.11. The summed E-state index contributed by atoms with van der Waals surface area (Å²) < 4.78 is 5.07. The molecule has 2 aromatic rings. The van der Waals surface area contributed by atoms with Gasteiger partial charge in [0.25, 0.3) is 0 Å². The Morgan fingerprint density at radius 3 is 2.75 bits per heavy atom. The molecule has 2 aromatic heterocycles. The maximum absolute atomic E-state index is 10.9. The van der Waals surface area contributed by atoms with Crippen molar-refractivity contribution in [3.8, 4) is 0 Å². The van der Waals surface area contributed by atoms with Crippen LogP contribution in [0.15, 0.2) is 10.7 Å². The van der Waals surface area contributed by atoms with E-state index >= 15 is 0 Å². The molecular weight excluding hydrogens is 286 g/mol. The first-order valence-electron chi connectivity index (χ1n) is 5.76.